The van der Waals surface area contributed by atoms with Crippen LogP contribution < -0.4 is 24.8 Å². The molecule has 0 radical (unpaired) electrons. The van der Waals surface area contributed by atoms with Gasteiger partial charge in [0.2, 0.25) is 12.7 Å². The number of methoxy groups -OCH3 is 1. The van der Waals surface area contributed by atoms with Crippen molar-refractivity contribution in [2.75, 3.05) is 33.7 Å². The monoisotopic (exact) mass is 549 g/mol. The van der Waals surface area contributed by atoms with Crippen LogP contribution in [0.15, 0.2) is 24.7 Å². The summed E-state index contributed by atoms with van der Waals surface area (Å²) in [7, 11) is 1.61. The van der Waals surface area contributed by atoms with E-state index in [0.717, 1.165) is 25.7 Å². The Labute approximate surface area is 232 Å². The summed E-state index contributed by atoms with van der Waals surface area (Å²) in [5, 5.41) is 6.06. The van der Waals surface area contributed by atoms with Crippen molar-refractivity contribution in [2.24, 2.45) is 11.8 Å². The fraction of sp³-hybridized carbons (Fsp3) is 0.517. The Hall–Kier alpha value is -3.86. The number of nitrogens with one attached hydrogen (secondary N) is 3. The smallest absolute Gasteiger partial charge is 0.255 e. The van der Waals surface area contributed by atoms with Gasteiger partial charge in [-0.15, -0.1) is 0 Å². The van der Waals surface area contributed by atoms with Gasteiger partial charge in [-0.05, 0) is 56.6 Å². The SMILES string of the molecule is COCCNC(=O)C1CCC(NC(=O)c2c[nH]c3c(-c4c(OCC5CCC5)ccc5c4OCO5)ncnc23)CC1. The van der Waals surface area contributed by atoms with Crippen LogP contribution in [0.4, 0.5) is 0 Å². The molecule has 0 atom stereocenters. The minimum Gasteiger partial charge on any atom is -0.492 e. The summed E-state index contributed by atoms with van der Waals surface area (Å²) in [6, 6.07) is 3.74. The van der Waals surface area contributed by atoms with Crippen molar-refractivity contribution >= 4 is 22.8 Å². The third-order valence-corrected chi connectivity index (χ3v) is 8.18. The summed E-state index contributed by atoms with van der Waals surface area (Å²) in [5.74, 6) is 2.25. The zero-order valence-electron chi connectivity index (χ0n) is 22.7. The van der Waals surface area contributed by atoms with E-state index in [-0.39, 0.29) is 30.6 Å². The normalized spacial score (nSPS) is 20.2. The van der Waals surface area contributed by atoms with Crippen LogP contribution in [-0.2, 0) is 9.53 Å². The van der Waals surface area contributed by atoms with Crippen molar-refractivity contribution in [3.05, 3.63) is 30.2 Å². The van der Waals surface area contributed by atoms with E-state index in [4.69, 9.17) is 18.9 Å². The molecule has 6 rings (SSSR count). The molecule has 3 aliphatic rings. The molecule has 2 fully saturated rings. The molecule has 0 bridgehead atoms. The molecular weight excluding hydrogens is 514 g/mol. The minimum atomic E-state index is -0.205. The maximum atomic E-state index is 13.3. The zero-order valence-corrected chi connectivity index (χ0v) is 22.7. The number of rotatable bonds is 10. The van der Waals surface area contributed by atoms with Crippen LogP contribution in [-0.4, -0.2) is 66.5 Å². The highest BCUT2D eigenvalue weighted by Gasteiger charge is 2.30. The van der Waals surface area contributed by atoms with Gasteiger partial charge in [-0.1, -0.05) is 6.42 Å². The molecule has 3 heterocycles. The number of H-pyrrole nitrogens is 1. The molecule has 0 spiro atoms. The van der Waals surface area contributed by atoms with E-state index in [9.17, 15) is 9.59 Å². The molecule has 2 aliphatic carbocycles. The molecule has 1 aromatic carbocycles. The van der Waals surface area contributed by atoms with Crippen LogP contribution in [0, 0.1) is 11.8 Å². The van der Waals surface area contributed by atoms with Gasteiger partial charge in [0.1, 0.15) is 23.3 Å². The molecule has 0 saturated heterocycles. The number of ether oxygens (including phenoxy) is 4. The lowest BCUT2D eigenvalue weighted by molar-refractivity contribution is -0.126. The van der Waals surface area contributed by atoms with Crippen molar-refractivity contribution < 1.29 is 28.5 Å². The van der Waals surface area contributed by atoms with Crippen molar-refractivity contribution in [3.8, 4) is 28.5 Å². The number of fused-ring (bicyclic) bond motifs is 2. The highest BCUT2D eigenvalue weighted by Crippen LogP contribution is 2.48. The summed E-state index contributed by atoms with van der Waals surface area (Å²) < 4.78 is 22.7. The molecule has 2 amide bonds. The van der Waals surface area contributed by atoms with Crippen molar-refractivity contribution in [3.63, 3.8) is 0 Å². The molecule has 3 N–H and O–H groups in total. The van der Waals surface area contributed by atoms with Gasteiger partial charge in [0.05, 0.1) is 29.9 Å². The van der Waals surface area contributed by atoms with Crippen molar-refractivity contribution in [1.29, 1.82) is 0 Å². The number of carbonyl (C=O) groups is 2. The first-order valence-electron chi connectivity index (χ1n) is 14.1. The molecule has 40 heavy (non-hydrogen) atoms. The van der Waals surface area contributed by atoms with E-state index < -0.39 is 0 Å². The second-order valence-corrected chi connectivity index (χ2v) is 10.7. The average Bonchev–Trinajstić information content (AvgIpc) is 3.60. The molecule has 2 aromatic heterocycles. The average molecular weight is 550 g/mol. The lowest BCUT2D eigenvalue weighted by atomic mass is 9.85. The van der Waals surface area contributed by atoms with E-state index in [1.54, 1.807) is 13.3 Å². The molecule has 2 saturated carbocycles. The first-order valence-corrected chi connectivity index (χ1v) is 14.1. The van der Waals surface area contributed by atoms with Gasteiger partial charge >= 0.3 is 0 Å². The molecule has 1 aliphatic heterocycles. The quantitative estimate of drug-likeness (QED) is 0.327. The maximum Gasteiger partial charge on any atom is 0.255 e. The highest BCUT2D eigenvalue weighted by molar-refractivity contribution is 6.08. The van der Waals surface area contributed by atoms with E-state index in [1.165, 1.54) is 25.6 Å². The number of carbonyl (C=O) groups excluding carboxylic acids is 2. The number of hydrogen-bond acceptors (Lipinski definition) is 8. The van der Waals surface area contributed by atoms with Crippen LogP contribution in [0.1, 0.15) is 55.3 Å². The Kier molecular flexibility index (Phi) is 7.72. The summed E-state index contributed by atoms with van der Waals surface area (Å²) in [6.07, 6.45) is 9.67. The Morgan fingerprint density at radius 2 is 1.95 bits per heavy atom. The van der Waals surface area contributed by atoms with Crippen LogP contribution in [0.5, 0.6) is 17.2 Å². The summed E-state index contributed by atoms with van der Waals surface area (Å²) in [5.41, 5.74) is 2.88. The zero-order chi connectivity index (χ0) is 27.5. The highest BCUT2D eigenvalue weighted by atomic mass is 16.7. The topological polar surface area (TPSA) is 137 Å². The van der Waals surface area contributed by atoms with Gasteiger partial charge in [0, 0.05) is 31.8 Å². The van der Waals surface area contributed by atoms with Gasteiger partial charge in [-0.2, -0.15) is 0 Å². The van der Waals surface area contributed by atoms with E-state index in [1.807, 2.05) is 12.1 Å². The number of aromatic amines is 1. The second kappa shape index (κ2) is 11.7. The fourth-order valence-corrected chi connectivity index (χ4v) is 5.65. The van der Waals surface area contributed by atoms with Gasteiger partial charge in [-0.25, -0.2) is 9.97 Å². The standard InChI is InChI=1S/C29H35N5O6/c1-37-12-11-30-28(35)18-5-7-19(8-6-18)34-29(36)20-13-31-26-24(20)32-15-33-25(26)23-21(38-14-17-3-2-4-17)9-10-22-27(23)40-16-39-22/h9-10,13,15,17-19,31H,2-8,11-12,14,16H2,1H3,(H,30,35)(H,34,36). The van der Waals surface area contributed by atoms with E-state index in [0.29, 0.717) is 70.8 Å². The molecule has 11 nitrogen and oxygen atoms in total. The van der Waals surface area contributed by atoms with Gasteiger partial charge in [0.25, 0.3) is 5.91 Å². The van der Waals surface area contributed by atoms with Crippen LogP contribution in [0.25, 0.3) is 22.3 Å². The van der Waals surface area contributed by atoms with Crippen LogP contribution in [0.3, 0.4) is 0 Å². The third-order valence-electron chi connectivity index (χ3n) is 8.18. The Bertz CT molecular complexity index is 1380. The van der Waals surface area contributed by atoms with Gasteiger partial charge in [0.15, 0.2) is 11.5 Å². The molecule has 11 heteroatoms. The fourth-order valence-electron chi connectivity index (χ4n) is 5.65. The lowest BCUT2D eigenvalue weighted by Gasteiger charge is -2.28. The second-order valence-electron chi connectivity index (χ2n) is 10.7. The Morgan fingerprint density at radius 3 is 2.73 bits per heavy atom. The Balaban J connectivity index is 1.19. The predicted molar refractivity (Wildman–Crippen MR) is 146 cm³/mol. The molecule has 3 aromatic rings. The third kappa shape index (κ3) is 5.30. The maximum absolute atomic E-state index is 13.3. The summed E-state index contributed by atoms with van der Waals surface area (Å²) in [4.78, 5) is 38.0. The van der Waals surface area contributed by atoms with Crippen molar-refractivity contribution in [1.82, 2.24) is 25.6 Å². The molecule has 212 valence electrons. The number of aromatic nitrogens is 3. The summed E-state index contributed by atoms with van der Waals surface area (Å²) >= 11 is 0. The number of benzene rings is 1. The van der Waals surface area contributed by atoms with Crippen LogP contribution >= 0.6 is 0 Å². The molecule has 0 unspecified atom stereocenters. The van der Waals surface area contributed by atoms with Crippen molar-refractivity contribution in [2.45, 2.75) is 51.0 Å². The van der Waals surface area contributed by atoms with Gasteiger partial charge in [-0.3, -0.25) is 9.59 Å². The number of nitrogens with zero attached hydrogens (tertiary/aromatic N) is 2. The predicted octanol–water partition coefficient (Wildman–Crippen LogP) is 3.58. The van der Waals surface area contributed by atoms with E-state index in [2.05, 4.69) is 25.6 Å². The van der Waals surface area contributed by atoms with Crippen LogP contribution in [0.2, 0.25) is 0 Å². The molecular formula is C29H35N5O6. The minimum absolute atomic E-state index is 0.00349. The first kappa shape index (κ1) is 26.4. The lowest BCUT2D eigenvalue weighted by Crippen LogP contribution is -2.41. The summed E-state index contributed by atoms with van der Waals surface area (Å²) in [6.45, 7) is 1.76. The number of amides is 2. The largest absolute Gasteiger partial charge is 0.492 e. The van der Waals surface area contributed by atoms with Gasteiger partial charge < -0.3 is 34.6 Å². The Morgan fingerprint density at radius 1 is 1.10 bits per heavy atom. The van der Waals surface area contributed by atoms with E-state index >= 15 is 0 Å². The first-order chi connectivity index (χ1) is 19.6. The number of hydrogen-bond donors (Lipinski definition) is 3.